The normalized spacial score (nSPS) is 13.9. The molecule has 0 saturated heterocycles. The van der Waals surface area contributed by atoms with Crippen molar-refractivity contribution in [1.82, 2.24) is 0 Å². The first-order chi connectivity index (χ1) is 8.56. The average molecular weight is 251 g/mol. The number of benzene rings is 1. The molecule has 4 heteroatoms. The van der Waals surface area contributed by atoms with Gasteiger partial charge in [0, 0.05) is 6.54 Å². The van der Waals surface area contributed by atoms with Crippen LogP contribution in [-0.4, -0.2) is 24.7 Å². The minimum atomic E-state index is -0.806. The van der Waals surface area contributed by atoms with Crippen LogP contribution in [0.2, 0.25) is 0 Å². The fourth-order valence-electron chi connectivity index (χ4n) is 2.03. The summed E-state index contributed by atoms with van der Waals surface area (Å²) in [6, 6.07) is 7.85. The number of hydrogen-bond donors (Lipinski definition) is 2. The summed E-state index contributed by atoms with van der Waals surface area (Å²) in [5, 5.41) is 8.96. The summed E-state index contributed by atoms with van der Waals surface area (Å²) in [6.45, 7) is 2.25. The lowest BCUT2D eigenvalue weighted by molar-refractivity contribution is -0.141. The molecule has 2 unspecified atom stereocenters. The van der Waals surface area contributed by atoms with Gasteiger partial charge < -0.3 is 15.6 Å². The molecule has 0 saturated carbocycles. The van der Waals surface area contributed by atoms with Gasteiger partial charge in [-0.05, 0) is 36.5 Å². The zero-order valence-corrected chi connectivity index (χ0v) is 10.9. The first-order valence-corrected chi connectivity index (χ1v) is 6.12. The van der Waals surface area contributed by atoms with Crippen molar-refractivity contribution in [2.75, 3.05) is 13.7 Å². The molecule has 18 heavy (non-hydrogen) atoms. The van der Waals surface area contributed by atoms with Crippen LogP contribution in [-0.2, 0) is 11.2 Å². The second-order valence-electron chi connectivity index (χ2n) is 4.66. The molecule has 0 aliphatic rings. The molecular formula is C14H21NO3. The van der Waals surface area contributed by atoms with E-state index in [0.29, 0.717) is 12.3 Å². The van der Waals surface area contributed by atoms with Crippen molar-refractivity contribution in [2.45, 2.75) is 19.8 Å². The van der Waals surface area contributed by atoms with Gasteiger partial charge in [-0.25, -0.2) is 0 Å². The highest BCUT2D eigenvalue weighted by atomic mass is 16.5. The third-order valence-corrected chi connectivity index (χ3v) is 3.06. The van der Waals surface area contributed by atoms with Gasteiger partial charge in [0.05, 0.1) is 13.0 Å². The maximum atomic E-state index is 10.9. The second-order valence-corrected chi connectivity index (χ2v) is 4.66. The van der Waals surface area contributed by atoms with Crippen molar-refractivity contribution >= 4 is 5.97 Å². The Morgan fingerprint density at radius 3 is 2.44 bits per heavy atom. The van der Waals surface area contributed by atoms with Gasteiger partial charge in [0.2, 0.25) is 0 Å². The van der Waals surface area contributed by atoms with E-state index in [9.17, 15) is 4.79 Å². The molecule has 1 aromatic carbocycles. The van der Waals surface area contributed by atoms with Crippen LogP contribution >= 0.6 is 0 Å². The van der Waals surface area contributed by atoms with Gasteiger partial charge in [0.15, 0.2) is 0 Å². The number of rotatable bonds is 7. The Balaban J connectivity index is 2.52. The van der Waals surface area contributed by atoms with E-state index in [2.05, 4.69) is 6.92 Å². The number of carbonyl (C=O) groups is 1. The van der Waals surface area contributed by atoms with Crippen molar-refractivity contribution in [1.29, 1.82) is 0 Å². The molecule has 0 aliphatic heterocycles. The van der Waals surface area contributed by atoms with Crippen molar-refractivity contribution in [3.05, 3.63) is 29.8 Å². The predicted octanol–water partition coefficient (Wildman–Crippen LogP) is 1.92. The Hall–Kier alpha value is -1.55. The quantitative estimate of drug-likeness (QED) is 0.776. The molecule has 3 N–H and O–H groups in total. The lowest BCUT2D eigenvalue weighted by Crippen LogP contribution is -2.25. The summed E-state index contributed by atoms with van der Waals surface area (Å²) in [5.41, 5.74) is 6.64. The summed E-state index contributed by atoms with van der Waals surface area (Å²) in [7, 11) is 1.64. The summed E-state index contributed by atoms with van der Waals surface area (Å²) in [6.07, 6.45) is 1.46. The van der Waals surface area contributed by atoms with E-state index in [4.69, 9.17) is 15.6 Å². The standard InChI is InChI=1S/C14H21NO3/c1-10(8-12(9-15)14(16)17)7-11-3-5-13(18-2)6-4-11/h3-6,10,12H,7-9,15H2,1-2H3,(H,16,17). The number of nitrogens with two attached hydrogens (primary N) is 1. The van der Waals surface area contributed by atoms with Crippen molar-refractivity contribution in [3.8, 4) is 5.75 Å². The molecule has 0 aromatic heterocycles. The van der Waals surface area contributed by atoms with Crippen molar-refractivity contribution < 1.29 is 14.6 Å². The number of carboxylic acid groups (broad SMARTS) is 1. The number of hydrogen-bond acceptors (Lipinski definition) is 3. The Bertz CT molecular complexity index is 375. The van der Waals surface area contributed by atoms with Gasteiger partial charge in [-0.15, -0.1) is 0 Å². The van der Waals surface area contributed by atoms with Crippen molar-refractivity contribution in [3.63, 3.8) is 0 Å². The average Bonchev–Trinajstić information content (AvgIpc) is 2.36. The van der Waals surface area contributed by atoms with Crippen LogP contribution in [0.1, 0.15) is 18.9 Å². The number of ether oxygens (including phenoxy) is 1. The van der Waals surface area contributed by atoms with Crippen LogP contribution in [0.15, 0.2) is 24.3 Å². The predicted molar refractivity (Wildman–Crippen MR) is 70.7 cm³/mol. The molecule has 0 aliphatic carbocycles. The molecule has 100 valence electrons. The minimum Gasteiger partial charge on any atom is -0.497 e. The maximum absolute atomic E-state index is 10.9. The smallest absolute Gasteiger partial charge is 0.307 e. The summed E-state index contributed by atoms with van der Waals surface area (Å²) in [5.74, 6) is -0.128. The highest BCUT2D eigenvalue weighted by Gasteiger charge is 2.18. The van der Waals surface area contributed by atoms with Crippen LogP contribution < -0.4 is 10.5 Å². The fourth-order valence-corrected chi connectivity index (χ4v) is 2.03. The first kappa shape index (κ1) is 14.5. The molecule has 0 amide bonds. The van der Waals surface area contributed by atoms with Crippen LogP contribution in [0, 0.1) is 11.8 Å². The summed E-state index contributed by atoms with van der Waals surface area (Å²) < 4.78 is 5.09. The minimum absolute atomic E-state index is 0.197. The van der Waals surface area contributed by atoms with Crippen LogP contribution in [0.5, 0.6) is 5.75 Å². The Labute approximate surface area is 108 Å². The molecule has 1 rings (SSSR count). The van der Waals surface area contributed by atoms with E-state index in [1.807, 2.05) is 24.3 Å². The molecule has 0 fully saturated rings. The van der Waals surface area contributed by atoms with Gasteiger partial charge in [0.1, 0.15) is 5.75 Å². The Morgan fingerprint density at radius 1 is 1.39 bits per heavy atom. The SMILES string of the molecule is COc1ccc(CC(C)CC(CN)C(=O)O)cc1. The molecule has 0 heterocycles. The highest BCUT2D eigenvalue weighted by Crippen LogP contribution is 2.19. The van der Waals surface area contributed by atoms with Gasteiger partial charge in [0.25, 0.3) is 0 Å². The molecule has 4 nitrogen and oxygen atoms in total. The summed E-state index contributed by atoms with van der Waals surface area (Å²) >= 11 is 0. The second kappa shape index (κ2) is 7.01. The van der Waals surface area contributed by atoms with Gasteiger partial charge in [-0.2, -0.15) is 0 Å². The maximum Gasteiger partial charge on any atom is 0.307 e. The van der Waals surface area contributed by atoms with Crippen LogP contribution in [0.3, 0.4) is 0 Å². The van der Waals surface area contributed by atoms with Crippen LogP contribution in [0.25, 0.3) is 0 Å². The van der Waals surface area contributed by atoms with Gasteiger partial charge in [-0.1, -0.05) is 19.1 Å². The molecule has 0 bridgehead atoms. The lowest BCUT2D eigenvalue weighted by Gasteiger charge is -2.16. The number of methoxy groups -OCH3 is 1. The van der Waals surface area contributed by atoms with Crippen molar-refractivity contribution in [2.24, 2.45) is 17.6 Å². The van der Waals surface area contributed by atoms with E-state index < -0.39 is 11.9 Å². The largest absolute Gasteiger partial charge is 0.497 e. The number of aliphatic carboxylic acids is 1. The highest BCUT2D eigenvalue weighted by molar-refractivity contribution is 5.70. The third-order valence-electron chi connectivity index (χ3n) is 3.06. The Kier molecular flexibility index (Phi) is 5.65. The van der Waals surface area contributed by atoms with E-state index >= 15 is 0 Å². The summed E-state index contributed by atoms with van der Waals surface area (Å²) in [4.78, 5) is 10.9. The van der Waals surface area contributed by atoms with E-state index in [-0.39, 0.29) is 6.54 Å². The first-order valence-electron chi connectivity index (χ1n) is 6.12. The topological polar surface area (TPSA) is 72.5 Å². The molecule has 1 aromatic rings. The Morgan fingerprint density at radius 2 is 2.00 bits per heavy atom. The zero-order chi connectivity index (χ0) is 13.5. The molecule has 0 radical (unpaired) electrons. The van der Waals surface area contributed by atoms with E-state index in [1.54, 1.807) is 7.11 Å². The van der Waals surface area contributed by atoms with E-state index in [1.165, 1.54) is 5.56 Å². The zero-order valence-electron chi connectivity index (χ0n) is 10.9. The molecular weight excluding hydrogens is 230 g/mol. The third kappa shape index (κ3) is 4.37. The number of carboxylic acids is 1. The lowest BCUT2D eigenvalue weighted by atomic mass is 9.91. The monoisotopic (exact) mass is 251 g/mol. The molecule has 0 spiro atoms. The van der Waals surface area contributed by atoms with Gasteiger partial charge >= 0.3 is 5.97 Å². The molecule has 2 atom stereocenters. The van der Waals surface area contributed by atoms with Crippen LogP contribution in [0.4, 0.5) is 0 Å². The fraction of sp³-hybridized carbons (Fsp3) is 0.500. The van der Waals surface area contributed by atoms with Gasteiger partial charge in [-0.3, -0.25) is 4.79 Å². The van der Waals surface area contributed by atoms with E-state index in [0.717, 1.165) is 12.2 Å².